The molecule has 0 bridgehead atoms. The summed E-state index contributed by atoms with van der Waals surface area (Å²) in [5.74, 6) is 0.487. The Morgan fingerprint density at radius 1 is 1.50 bits per heavy atom. The minimum atomic E-state index is -0.0315. The maximum Gasteiger partial charge on any atom is 0.254 e. The summed E-state index contributed by atoms with van der Waals surface area (Å²) in [5.41, 5.74) is 6.97. The van der Waals surface area contributed by atoms with Crippen LogP contribution in [-0.4, -0.2) is 54.9 Å². The Bertz CT molecular complexity index is 507. The minimum Gasteiger partial charge on any atom is -0.491 e. The quantitative estimate of drug-likeness (QED) is 0.611. The lowest BCUT2D eigenvalue weighted by atomic mass is 10.1. The number of unbranched alkanes of at least 4 members (excludes halogenated alkanes) is 1. The van der Waals surface area contributed by atoms with E-state index in [1.807, 2.05) is 11.8 Å². The van der Waals surface area contributed by atoms with Crippen LogP contribution >= 0.6 is 0 Å². The van der Waals surface area contributed by atoms with Gasteiger partial charge >= 0.3 is 0 Å². The Balaban J connectivity index is 2.05. The predicted molar refractivity (Wildman–Crippen MR) is 84.0 cm³/mol. The molecular formula is C16H24N2O4. The van der Waals surface area contributed by atoms with Gasteiger partial charge in [0, 0.05) is 18.7 Å². The zero-order valence-corrected chi connectivity index (χ0v) is 13.0. The number of carbonyl (C=O) groups is 1. The average molecular weight is 308 g/mol. The molecule has 1 fully saturated rings. The van der Waals surface area contributed by atoms with E-state index in [1.54, 1.807) is 18.2 Å². The summed E-state index contributed by atoms with van der Waals surface area (Å²) in [6, 6.07) is 5.17. The lowest BCUT2D eigenvalue weighted by Crippen LogP contribution is -2.47. The molecule has 6 heteroatoms. The normalized spacial score (nSPS) is 18.3. The van der Waals surface area contributed by atoms with Gasteiger partial charge in [0.15, 0.2) is 0 Å². The van der Waals surface area contributed by atoms with Crippen LogP contribution in [0.5, 0.6) is 5.75 Å². The van der Waals surface area contributed by atoms with E-state index in [2.05, 4.69) is 0 Å². The van der Waals surface area contributed by atoms with E-state index in [0.717, 1.165) is 6.42 Å². The number of nitrogens with zero attached hydrogens (tertiary/aromatic N) is 1. The van der Waals surface area contributed by atoms with Gasteiger partial charge in [-0.2, -0.15) is 0 Å². The molecule has 1 heterocycles. The highest BCUT2D eigenvalue weighted by Gasteiger charge is 2.25. The first-order valence-electron chi connectivity index (χ1n) is 7.65. The SMILES string of the molecule is C[C@@H]1COCCN1C(=O)c1ccc(N)c(OCCCCO)c1. The van der Waals surface area contributed by atoms with Gasteiger partial charge in [-0.05, 0) is 38.0 Å². The standard InChI is InChI=1S/C16H24N2O4/c1-12-11-21-9-6-18(12)16(20)13-4-5-14(17)15(10-13)22-8-3-2-7-19/h4-5,10,12,19H,2-3,6-9,11,17H2,1H3/t12-/m1/s1. The zero-order chi connectivity index (χ0) is 15.9. The summed E-state index contributed by atoms with van der Waals surface area (Å²) < 4.78 is 11.0. The summed E-state index contributed by atoms with van der Waals surface area (Å²) >= 11 is 0. The molecule has 0 saturated carbocycles. The summed E-state index contributed by atoms with van der Waals surface area (Å²) in [5, 5.41) is 8.76. The molecule has 1 aliphatic rings. The van der Waals surface area contributed by atoms with Gasteiger partial charge in [-0.15, -0.1) is 0 Å². The molecule has 0 radical (unpaired) electrons. The van der Waals surface area contributed by atoms with Crippen LogP contribution in [0.4, 0.5) is 5.69 Å². The number of benzene rings is 1. The highest BCUT2D eigenvalue weighted by atomic mass is 16.5. The zero-order valence-electron chi connectivity index (χ0n) is 13.0. The van der Waals surface area contributed by atoms with Gasteiger partial charge in [-0.3, -0.25) is 4.79 Å². The van der Waals surface area contributed by atoms with Crippen LogP contribution in [0.1, 0.15) is 30.1 Å². The summed E-state index contributed by atoms with van der Waals surface area (Å²) in [6.45, 7) is 4.31. The fourth-order valence-corrected chi connectivity index (χ4v) is 2.38. The Morgan fingerprint density at radius 3 is 3.05 bits per heavy atom. The Kier molecular flexibility index (Phi) is 6.03. The molecule has 0 unspecified atom stereocenters. The van der Waals surface area contributed by atoms with Crippen molar-refractivity contribution in [1.82, 2.24) is 4.90 Å². The molecule has 1 aromatic carbocycles. The number of aliphatic hydroxyl groups is 1. The fraction of sp³-hybridized carbons (Fsp3) is 0.562. The van der Waals surface area contributed by atoms with E-state index >= 15 is 0 Å². The molecule has 1 atom stereocenters. The highest BCUT2D eigenvalue weighted by molar-refractivity contribution is 5.95. The molecule has 1 aromatic rings. The van der Waals surface area contributed by atoms with E-state index < -0.39 is 0 Å². The van der Waals surface area contributed by atoms with Crippen molar-refractivity contribution in [1.29, 1.82) is 0 Å². The van der Waals surface area contributed by atoms with Gasteiger partial charge < -0.3 is 25.2 Å². The van der Waals surface area contributed by atoms with Gasteiger partial charge in [0.1, 0.15) is 5.75 Å². The molecule has 0 aromatic heterocycles. The third kappa shape index (κ3) is 4.11. The third-order valence-corrected chi connectivity index (χ3v) is 3.70. The average Bonchev–Trinajstić information content (AvgIpc) is 2.53. The molecular weight excluding hydrogens is 284 g/mol. The van der Waals surface area contributed by atoms with Crippen LogP contribution in [0, 0.1) is 0 Å². The third-order valence-electron chi connectivity index (χ3n) is 3.70. The van der Waals surface area contributed by atoms with Crippen LogP contribution in [0.25, 0.3) is 0 Å². The monoisotopic (exact) mass is 308 g/mol. The molecule has 6 nitrogen and oxygen atoms in total. The lowest BCUT2D eigenvalue weighted by molar-refractivity contribution is 0.00358. The van der Waals surface area contributed by atoms with Gasteiger partial charge in [-0.1, -0.05) is 0 Å². The lowest BCUT2D eigenvalue weighted by Gasteiger charge is -2.33. The molecule has 0 aliphatic carbocycles. The van der Waals surface area contributed by atoms with E-state index in [0.29, 0.717) is 49.8 Å². The Labute approximate surface area is 130 Å². The van der Waals surface area contributed by atoms with Crippen LogP contribution in [-0.2, 0) is 4.74 Å². The van der Waals surface area contributed by atoms with Crippen molar-refractivity contribution in [2.45, 2.75) is 25.8 Å². The van der Waals surface area contributed by atoms with Gasteiger partial charge in [-0.25, -0.2) is 0 Å². The summed E-state index contributed by atoms with van der Waals surface area (Å²) in [7, 11) is 0. The van der Waals surface area contributed by atoms with Crippen molar-refractivity contribution in [3.8, 4) is 5.75 Å². The summed E-state index contributed by atoms with van der Waals surface area (Å²) in [4.78, 5) is 14.4. The molecule has 1 saturated heterocycles. The number of anilines is 1. The van der Waals surface area contributed by atoms with Crippen molar-refractivity contribution >= 4 is 11.6 Å². The molecule has 2 rings (SSSR count). The first kappa shape index (κ1) is 16.6. The van der Waals surface area contributed by atoms with Crippen molar-refractivity contribution in [2.75, 3.05) is 38.7 Å². The number of nitrogens with two attached hydrogens (primary N) is 1. The van der Waals surface area contributed by atoms with E-state index in [4.69, 9.17) is 20.3 Å². The molecule has 3 N–H and O–H groups in total. The number of ether oxygens (including phenoxy) is 2. The smallest absolute Gasteiger partial charge is 0.254 e. The van der Waals surface area contributed by atoms with Gasteiger partial charge in [0.05, 0.1) is 31.5 Å². The molecule has 1 amide bonds. The number of rotatable bonds is 6. The van der Waals surface area contributed by atoms with E-state index in [1.165, 1.54) is 0 Å². The van der Waals surface area contributed by atoms with E-state index in [-0.39, 0.29) is 18.6 Å². The van der Waals surface area contributed by atoms with Crippen molar-refractivity contribution in [2.24, 2.45) is 0 Å². The van der Waals surface area contributed by atoms with E-state index in [9.17, 15) is 4.79 Å². The maximum absolute atomic E-state index is 12.6. The van der Waals surface area contributed by atoms with Crippen LogP contribution in [0.3, 0.4) is 0 Å². The highest BCUT2D eigenvalue weighted by Crippen LogP contribution is 2.24. The largest absolute Gasteiger partial charge is 0.491 e. The number of nitrogen functional groups attached to an aromatic ring is 1. The Morgan fingerprint density at radius 2 is 2.32 bits per heavy atom. The van der Waals surface area contributed by atoms with Crippen LogP contribution in [0.15, 0.2) is 18.2 Å². The molecule has 122 valence electrons. The van der Waals surface area contributed by atoms with Crippen LogP contribution in [0.2, 0.25) is 0 Å². The second kappa shape index (κ2) is 8.00. The first-order chi connectivity index (χ1) is 10.6. The number of morpholine rings is 1. The van der Waals surface area contributed by atoms with Crippen molar-refractivity contribution in [3.05, 3.63) is 23.8 Å². The Hall–Kier alpha value is -1.79. The molecule has 1 aliphatic heterocycles. The van der Waals surface area contributed by atoms with Crippen molar-refractivity contribution < 1.29 is 19.4 Å². The number of aliphatic hydroxyl groups excluding tert-OH is 1. The number of carbonyl (C=O) groups excluding carboxylic acids is 1. The number of hydrogen-bond donors (Lipinski definition) is 2. The van der Waals surface area contributed by atoms with Gasteiger partial charge in [0.25, 0.3) is 5.91 Å². The fourth-order valence-electron chi connectivity index (χ4n) is 2.38. The van der Waals surface area contributed by atoms with Crippen molar-refractivity contribution in [3.63, 3.8) is 0 Å². The number of amides is 1. The second-order valence-corrected chi connectivity index (χ2v) is 5.45. The maximum atomic E-state index is 12.6. The minimum absolute atomic E-state index is 0.0315. The molecule has 22 heavy (non-hydrogen) atoms. The first-order valence-corrected chi connectivity index (χ1v) is 7.65. The van der Waals surface area contributed by atoms with Crippen LogP contribution < -0.4 is 10.5 Å². The number of hydrogen-bond acceptors (Lipinski definition) is 5. The topological polar surface area (TPSA) is 85.0 Å². The summed E-state index contributed by atoms with van der Waals surface area (Å²) in [6.07, 6.45) is 1.43. The molecule has 0 spiro atoms. The second-order valence-electron chi connectivity index (χ2n) is 5.45. The predicted octanol–water partition coefficient (Wildman–Crippen LogP) is 1.28. The van der Waals surface area contributed by atoms with Gasteiger partial charge in [0.2, 0.25) is 0 Å².